The molecule has 0 atom stereocenters. The third kappa shape index (κ3) is 5.51. The highest BCUT2D eigenvalue weighted by Crippen LogP contribution is 2.64. The highest BCUT2D eigenvalue weighted by atomic mass is 35.5. The Morgan fingerprint density at radius 3 is 1.10 bits per heavy atom. The van der Waals surface area contributed by atoms with Crippen molar-refractivity contribution in [3.8, 4) is 0 Å². The second-order valence-electron chi connectivity index (χ2n) is 9.44. The lowest BCUT2D eigenvalue weighted by atomic mass is 9.89. The summed E-state index contributed by atoms with van der Waals surface area (Å²) in [5.74, 6) is -79.3. The number of halogens is 26. The molecule has 2 aromatic rings. The first-order chi connectivity index (χ1) is 21.1. The van der Waals surface area contributed by atoms with Gasteiger partial charge in [-0.1, -0.05) is 0 Å². The SMILES string of the molecule is O=c1oc2ccc(C(F)(F)C(F)(F)C(F)(F)C(F)(F)C(F)(F)C(F)(F)Cl)cc2cc1C(F)(F)C(F)(F)C(F)(F)C(F)(F)C(F)(F)C(F)(F)Cl. The number of rotatable bonds is 12. The van der Waals surface area contributed by atoms with E-state index in [9.17, 15) is 110 Å². The molecular formula is C21H4Cl2F24O2. The molecule has 0 saturated heterocycles. The van der Waals surface area contributed by atoms with Crippen LogP contribution in [0.3, 0.4) is 0 Å². The van der Waals surface area contributed by atoms with Gasteiger partial charge < -0.3 is 4.42 Å². The van der Waals surface area contributed by atoms with Crippen LogP contribution in [0.2, 0.25) is 0 Å². The van der Waals surface area contributed by atoms with Crippen molar-refractivity contribution in [2.24, 2.45) is 0 Å². The van der Waals surface area contributed by atoms with Gasteiger partial charge in [-0.05, 0) is 47.5 Å². The molecule has 282 valence electrons. The number of alkyl halides is 26. The molecule has 2 rings (SSSR count). The summed E-state index contributed by atoms with van der Waals surface area (Å²) in [6.07, 6.45) is 0. The maximum atomic E-state index is 14.6. The van der Waals surface area contributed by atoms with Crippen LogP contribution in [0, 0.1) is 0 Å². The first-order valence-corrected chi connectivity index (χ1v) is 11.8. The zero-order valence-corrected chi connectivity index (χ0v) is 23.0. The van der Waals surface area contributed by atoms with Crippen molar-refractivity contribution in [3.63, 3.8) is 0 Å². The van der Waals surface area contributed by atoms with Crippen LogP contribution < -0.4 is 5.63 Å². The topological polar surface area (TPSA) is 30.2 Å². The molecule has 1 heterocycles. The van der Waals surface area contributed by atoms with Gasteiger partial charge in [-0.25, -0.2) is 4.79 Å². The molecule has 0 bridgehead atoms. The van der Waals surface area contributed by atoms with E-state index in [2.05, 4.69) is 27.6 Å². The van der Waals surface area contributed by atoms with E-state index < -0.39 is 122 Å². The summed E-state index contributed by atoms with van der Waals surface area (Å²) in [5, 5.41) is -15.8. The van der Waals surface area contributed by atoms with E-state index in [1.165, 1.54) is 0 Å². The summed E-state index contributed by atoms with van der Waals surface area (Å²) in [5.41, 5.74) is -11.3. The smallest absolute Gasteiger partial charge is 0.393 e. The molecule has 0 aliphatic carbocycles. The Balaban J connectivity index is 2.83. The van der Waals surface area contributed by atoms with Crippen molar-refractivity contribution in [3.05, 3.63) is 45.8 Å². The molecule has 0 N–H and O–H groups in total. The van der Waals surface area contributed by atoms with E-state index >= 15 is 0 Å². The van der Waals surface area contributed by atoms with Gasteiger partial charge in [0.25, 0.3) is 0 Å². The Labute approximate surface area is 260 Å². The van der Waals surface area contributed by atoms with Crippen LogP contribution in [0.5, 0.6) is 0 Å². The zero-order chi connectivity index (χ0) is 39.4. The zero-order valence-electron chi connectivity index (χ0n) is 21.5. The monoisotopic (exact) mass is 814 g/mol. The fourth-order valence-electron chi connectivity index (χ4n) is 3.43. The second kappa shape index (κ2) is 11.2. The van der Waals surface area contributed by atoms with Gasteiger partial charge in [0.05, 0.1) is 0 Å². The Morgan fingerprint density at radius 1 is 0.429 bits per heavy atom. The summed E-state index contributed by atoms with van der Waals surface area (Å²) in [4.78, 5) is 11.8. The largest absolute Gasteiger partial charge is 0.422 e. The quantitative estimate of drug-likeness (QED) is 0.121. The molecule has 0 fully saturated rings. The summed E-state index contributed by atoms with van der Waals surface area (Å²) >= 11 is 7.00. The van der Waals surface area contributed by atoms with Crippen LogP contribution in [0.1, 0.15) is 11.1 Å². The van der Waals surface area contributed by atoms with Crippen LogP contribution in [-0.2, 0) is 11.8 Å². The van der Waals surface area contributed by atoms with Crippen molar-refractivity contribution >= 4 is 34.2 Å². The summed E-state index contributed by atoms with van der Waals surface area (Å²) < 4.78 is 333. The van der Waals surface area contributed by atoms with Crippen LogP contribution in [-0.4, -0.2) is 58.1 Å². The first-order valence-electron chi connectivity index (χ1n) is 11.1. The fraction of sp³-hybridized carbons (Fsp3) is 0.571. The van der Waals surface area contributed by atoms with Crippen LogP contribution in [0.25, 0.3) is 11.0 Å². The summed E-state index contributed by atoms with van der Waals surface area (Å²) in [7, 11) is 0. The molecule has 0 spiro atoms. The maximum absolute atomic E-state index is 14.6. The average Bonchev–Trinajstić information content (AvgIpc) is 2.90. The molecule has 0 aliphatic rings. The lowest BCUT2D eigenvalue weighted by Crippen LogP contribution is -2.69. The molecule has 0 amide bonds. The van der Waals surface area contributed by atoms with Crippen molar-refractivity contribution in [2.45, 2.75) is 70.0 Å². The van der Waals surface area contributed by atoms with E-state index in [-0.39, 0.29) is 0 Å². The Hall–Kier alpha value is -2.67. The molecule has 1 aromatic carbocycles. The third-order valence-corrected chi connectivity index (χ3v) is 6.77. The van der Waals surface area contributed by atoms with Gasteiger partial charge in [-0.3, -0.25) is 0 Å². The van der Waals surface area contributed by atoms with Crippen LogP contribution in [0.15, 0.2) is 33.5 Å². The predicted molar refractivity (Wildman–Crippen MR) is 111 cm³/mol. The van der Waals surface area contributed by atoms with Gasteiger partial charge in [0.15, 0.2) is 0 Å². The van der Waals surface area contributed by atoms with E-state index in [0.717, 1.165) is 0 Å². The Bertz CT molecular complexity index is 1630. The molecule has 0 aliphatic heterocycles. The van der Waals surface area contributed by atoms with Crippen LogP contribution in [0.4, 0.5) is 105 Å². The number of hydrogen-bond donors (Lipinski definition) is 0. The van der Waals surface area contributed by atoms with E-state index in [0.29, 0.717) is 0 Å². The molecule has 0 unspecified atom stereocenters. The second-order valence-corrected chi connectivity index (χ2v) is 10.4. The fourth-order valence-corrected chi connectivity index (χ4v) is 3.66. The van der Waals surface area contributed by atoms with Gasteiger partial charge in [0.2, 0.25) is 0 Å². The van der Waals surface area contributed by atoms with Gasteiger partial charge >= 0.3 is 75.6 Å². The van der Waals surface area contributed by atoms with Gasteiger partial charge in [0, 0.05) is 10.9 Å². The number of benzene rings is 1. The van der Waals surface area contributed by atoms with Crippen molar-refractivity contribution in [1.29, 1.82) is 0 Å². The maximum Gasteiger partial charge on any atom is 0.393 e. The van der Waals surface area contributed by atoms with E-state index in [1.54, 1.807) is 0 Å². The van der Waals surface area contributed by atoms with Crippen molar-refractivity contribution in [2.75, 3.05) is 0 Å². The molecular weight excluding hydrogens is 811 g/mol. The third-order valence-electron chi connectivity index (χ3n) is 6.30. The van der Waals surface area contributed by atoms with Crippen molar-refractivity contribution < 1.29 is 110 Å². The lowest BCUT2D eigenvalue weighted by molar-refractivity contribution is -0.419. The predicted octanol–water partition coefficient (Wildman–Crippen LogP) is 10.7. The van der Waals surface area contributed by atoms with Gasteiger partial charge in [0.1, 0.15) is 11.1 Å². The summed E-state index contributed by atoms with van der Waals surface area (Å²) in [6, 6.07) is -3.28. The molecule has 2 nitrogen and oxygen atoms in total. The minimum Gasteiger partial charge on any atom is -0.422 e. The normalized spacial score (nSPS) is 16.0. The Kier molecular flexibility index (Phi) is 9.68. The highest BCUT2D eigenvalue weighted by molar-refractivity contribution is 6.22. The molecule has 49 heavy (non-hydrogen) atoms. The van der Waals surface area contributed by atoms with E-state index in [1.807, 2.05) is 0 Å². The summed E-state index contributed by atoms with van der Waals surface area (Å²) in [6.45, 7) is 0. The lowest BCUT2D eigenvalue weighted by Gasteiger charge is -2.40. The van der Waals surface area contributed by atoms with Gasteiger partial charge in [-0.2, -0.15) is 105 Å². The number of hydrogen-bond acceptors (Lipinski definition) is 2. The average molecular weight is 815 g/mol. The minimum absolute atomic E-state index is 0.403. The standard InChI is InChI=1S/C21H4Cl2F24O2/c22-20(44,45)18(40,41)16(36,37)14(32,33)12(28,29)10(24,25)6-1-2-8-5(3-6)4-7(9(48)49-8)11(26,27)13(30,31)15(34,35)17(38,39)19(42,43)21(23,46)47/h1-4H. The van der Waals surface area contributed by atoms with Gasteiger partial charge in [-0.15, -0.1) is 0 Å². The Morgan fingerprint density at radius 2 is 0.755 bits per heavy atom. The molecule has 28 heteroatoms. The van der Waals surface area contributed by atoms with Crippen molar-refractivity contribution in [1.82, 2.24) is 0 Å². The number of fused-ring (bicyclic) bond motifs is 1. The molecule has 0 radical (unpaired) electrons. The van der Waals surface area contributed by atoms with E-state index in [4.69, 9.17) is 0 Å². The van der Waals surface area contributed by atoms with Crippen LogP contribution >= 0.6 is 23.2 Å². The molecule has 0 saturated carbocycles. The highest BCUT2D eigenvalue weighted by Gasteiger charge is 2.91. The minimum atomic E-state index is -8.39. The first kappa shape index (κ1) is 42.5. The molecule has 1 aromatic heterocycles.